The van der Waals surface area contributed by atoms with Gasteiger partial charge in [0.05, 0.1) is 12.3 Å². The Balaban J connectivity index is 1.70. The zero-order valence-electron chi connectivity index (χ0n) is 13.9. The zero-order chi connectivity index (χ0) is 17.0. The Hall–Kier alpha value is -1.79. The highest BCUT2D eigenvalue weighted by Gasteiger charge is 2.37. The molecule has 1 aliphatic heterocycles. The number of carbonyl (C=O) groups is 1. The largest absolute Gasteiger partial charge is 0.396 e. The van der Waals surface area contributed by atoms with Gasteiger partial charge in [0.1, 0.15) is 4.88 Å². The fourth-order valence-corrected chi connectivity index (χ4v) is 4.04. The van der Waals surface area contributed by atoms with Crippen LogP contribution in [-0.4, -0.2) is 45.2 Å². The number of piperidine rings is 1. The Bertz CT molecular complexity index is 689. The van der Waals surface area contributed by atoms with Crippen LogP contribution in [0.15, 0.2) is 30.3 Å². The lowest BCUT2D eigenvalue weighted by Crippen LogP contribution is -2.48. The number of amides is 1. The average Bonchev–Trinajstić information content (AvgIpc) is 3.06. The van der Waals surface area contributed by atoms with E-state index in [0.717, 1.165) is 43.8 Å². The van der Waals surface area contributed by atoms with Crippen LogP contribution < -0.4 is 0 Å². The Labute approximate surface area is 146 Å². The van der Waals surface area contributed by atoms with Gasteiger partial charge in [-0.1, -0.05) is 34.8 Å². The van der Waals surface area contributed by atoms with Crippen molar-refractivity contribution in [3.63, 3.8) is 0 Å². The molecule has 2 heterocycles. The molecule has 3 rings (SSSR count). The molecule has 0 radical (unpaired) electrons. The van der Waals surface area contributed by atoms with Crippen LogP contribution in [0.25, 0.3) is 0 Å². The zero-order valence-corrected chi connectivity index (χ0v) is 14.8. The van der Waals surface area contributed by atoms with Gasteiger partial charge in [0.2, 0.25) is 0 Å². The Morgan fingerprint density at radius 3 is 2.83 bits per heavy atom. The first-order valence-corrected chi connectivity index (χ1v) is 9.14. The van der Waals surface area contributed by atoms with Gasteiger partial charge in [0.15, 0.2) is 0 Å². The van der Waals surface area contributed by atoms with Crippen LogP contribution in [0, 0.1) is 12.3 Å². The van der Waals surface area contributed by atoms with Gasteiger partial charge >= 0.3 is 0 Å². The summed E-state index contributed by atoms with van der Waals surface area (Å²) < 4.78 is 3.86. The van der Waals surface area contributed by atoms with Gasteiger partial charge in [-0.25, -0.2) is 0 Å². The second-order valence-corrected chi connectivity index (χ2v) is 7.42. The topological polar surface area (TPSA) is 66.3 Å². The highest BCUT2D eigenvalue weighted by molar-refractivity contribution is 7.07. The molecule has 1 N–H and O–H groups in total. The first-order chi connectivity index (χ1) is 11.6. The normalized spacial score (nSPS) is 21.0. The van der Waals surface area contributed by atoms with E-state index in [1.54, 1.807) is 0 Å². The molecule has 1 aromatic heterocycles. The molecule has 5 nitrogen and oxygen atoms in total. The van der Waals surface area contributed by atoms with Crippen molar-refractivity contribution in [1.82, 2.24) is 14.5 Å². The van der Waals surface area contributed by atoms with Gasteiger partial charge in [-0.3, -0.25) is 4.79 Å². The molecule has 128 valence electrons. The van der Waals surface area contributed by atoms with E-state index in [0.29, 0.717) is 17.1 Å². The number of carbonyl (C=O) groups excluding carboxylic acids is 1. The quantitative estimate of drug-likeness (QED) is 0.905. The molecule has 0 aliphatic carbocycles. The highest BCUT2D eigenvalue weighted by Crippen LogP contribution is 2.35. The minimum atomic E-state index is -0.213. The van der Waals surface area contributed by atoms with Crippen LogP contribution in [0.5, 0.6) is 0 Å². The van der Waals surface area contributed by atoms with Crippen LogP contribution in [0.4, 0.5) is 0 Å². The first kappa shape index (κ1) is 17.0. The molecular formula is C18H23N3O2S. The fraction of sp³-hybridized carbons (Fsp3) is 0.500. The number of hydrogen-bond acceptors (Lipinski definition) is 5. The lowest BCUT2D eigenvalue weighted by molar-refractivity contribution is 0.0230. The molecule has 0 unspecified atom stereocenters. The standard InChI is InChI=1S/C18H23N3O2S/c1-14-16(24-20-19-14)17(23)21-11-5-9-18(12-21,13-22)10-8-15-6-3-2-4-7-15/h2-4,6-7,22H,5,8-13H2,1H3/t18-/m1/s1. The first-order valence-electron chi connectivity index (χ1n) is 8.37. The number of rotatable bonds is 5. The number of nitrogens with zero attached hydrogens (tertiary/aromatic N) is 3. The minimum absolute atomic E-state index is 0.000244. The number of benzene rings is 1. The van der Waals surface area contributed by atoms with Gasteiger partial charge in [-0.15, -0.1) is 5.10 Å². The lowest BCUT2D eigenvalue weighted by atomic mass is 9.76. The summed E-state index contributed by atoms with van der Waals surface area (Å²) in [5, 5.41) is 14.0. The third kappa shape index (κ3) is 3.65. The van der Waals surface area contributed by atoms with Gasteiger partial charge < -0.3 is 10.0 Å². The van der Waals surface area contributed by atoms with Crippen molar-refractivity contribution in [3.8, 4) is 0 Å². The molecule has 1 amide bonds. The van der Waals surface area contributed by atoms with Crippen molar-refractivity contribution >= 4 is 17.4 Å². The maximum atomic E-state index is 12.7. The van der Waals surface area contributed by atoms with Crippen molar-refractivity contribution in [2.24, 2.45) is 5.41 Å². The molecule has 2 aromatic rings. The van der Waals surface area contributed by atoms with E-state index in [9.17, 15) is 9.90 Å². The third-order valence-corrected chi connectivity index (χ3v) is 5.73. The molecule has 1 fully saturated rings. The Kier molecular flexibility index (Phi) is 5.26. The summed E-state index contributed by atoms with van der Waals surface area (Å²) in [5.74, 6) is -0.000244. The van der Waals surface area contributed by atoms with Gasteiger partial charge in [0, 0.05) is 18.5 Å². The molecule has 1 aliphatic rings. The SMILES string of the molecule is Cc1nnsc1C(=O)N1CCC[C@@](CO)(CCc2ccccc2)C1. The van der Waals surface area contributed by atoms with E-state index in [2.05, 4.69) is 21.7 Å². The lowest BCUT2D eigenvalue weighted by Gasteiger charge is -2.42. The van der Waals surface area contributed by atoms with E-state index in [1.807, 2.05) is 30.0 Å². The van der Waals surface area contributed by atoms with E-state index in [4.69, 9.17) is 0 Å². The van der Waals surface area contributed by atoms with Crippen LogP contribution in [0.1, 0.15) is 40.2 Å². The summed E-state index contributed by atoms with van der Waals surface area (Å²) in [6, 6.07) is 10.3. The summed E-state index contributed by atoms with van der Waals surface area (Å²) in [4.78, 5) is 15.2. The molecule has 6 heteroatoms. The van der Waals surface area contributed by atoms with Crippen LogP contribution in [-0.2, 0) is 6.42 Å². The molecule has 0 spiro atoms. The number of aryl methyl sites for hydroxylation is 2. The Morgan fingerprint density at radius 1 is 1.38 bits per heavy atom. The molecule has 24 heavy (non-hydrogen) atoms. The highest BCUT2D eigenvalue weighted by atomic mass is 32.1. The molecule has 1 saturated heterocycles. The predicted octanol–water partition coefficient (Wildman–Crippen LogP) is 2.69. The van der Waals surface area contributed by atoms with Crippen LogP contribution in [0.3, 0.4) is 0 Å². The number of hydrogen-bond donors (Lipinski definition) is 1. The summed E-state index contributed by atoms with van der Waals surface area (Å²) in [7, 11) is 0. The van der Waals surface area contributed by atoms with E-state index in [-0.39, 0.29) is 17.9 Å². The van der Waals surface area contributed by atoms with E-state index in [1.165, 1.54) is 5.56 Å². The van der Waals surface area contributed by atoms with Gasteiger partial charge in [-0.2, -0.15) is 0 Å². The number of aromatic nitrogens is 2. The maximum Gasteiger partial charge on any atom is 0.267 e. The summed E-state index contributed by atoms with van der Waals surface area (Å²) in [6.45, 7) is 3.27. The molecule has 0 bridgehead atoms. The second kappa shape index (κ2) is 7.40. The fourth-order valence-electron chi connectivity index (χ4n) is 3.42. The third-order valence-electron chi connectivity index (χ3n) is 4.92. The minimum Gasteiger partial charge on any atom is -0.396 e. The summed E-state index contributed by atoms with van der Waals surface area (Å²) in [6.07, 6.45) is 3.69. The summed E-state index contributed by atoms with van der Waals surface area (Å²) >= 11 is 1.15. The monoisotopic (exact) mass is 345 g/mol. The van der Waals surface area contributed by atoms with Crippen LogP contribution >= 0.6 is 11.5 Å². The Morgan fingerprint density at radius 2 is 2.17 bits per heavy atom. The van der Waals surface area contributed by atoms with Crippen molar-refractivity contribution in [2.45, 2.75) is 32.6 Å². The van der Waals surface area contributed by atoms with Crippen molar-refractivity contribution in [2.75, 3.05) is 19.7 Å². The molecule has 0 saturated carbocycles. The van der Waals surface area contributed by atoms with Crippen molar-refractivity contribution < 1.29 is 9.90 Å². The maximum absolute atomic E-state index is 12.7. The molecule has 1 atom stereocenters. The van der Waals surface area contributed by atoms with Crippen molar-refractivity contribution in [1.29, 1.82) is 0 Å². The second-order valence-electron chi connectivity index (χ2n) is 6.66. The molecular weight excluding hydrogens is 322 g/mol. The van der Waals surface area contributed by atoms with Gasteiger partial charge in [0.25, 0.3) is 5.91 Å². The number of aliphatic hydroxyl groups excluding tert-OH is 1. The smallest absolute Gasteiger partial charge is 0.267 e. The summed E-state index contributed by atoms with van der Waals surface area (Å²) in [5.41, 5.74) is 1.75. The predicted molar refractivity (Wildman–Crippen MR) is 94.1 cm³/mol. The number of likely N-dealkylation sites (tertiary alicyclic amines) is 1. The van der Waals surface area contributed by atoms with E-state index < -0.39 is 0 Å². The van der Waals surface area contributed by atoms with Gasteiger partial charge in [-0.05, 0) is 49.7 Å². The average molecular weight is 345 g/mol. The van der Waals surface area contributed by atoms with Crippen molar-refractivity contribution in [3.05, 3.63) is 46.5 Å². The number of aliphatic hydroxyl groups is 1. The van der Waals surface area contributed by atoms with Crippen LogP contribution in [0.2, 0.25) is 0 Å². The molecule has 1 aromatic carbocycles. The van der Waals surface area contributed by atoms with E-state index >= 15 is 0 Å².